The van der Waals surface area contributed by atoms with Gasteiger partial charge in [-0.25, -0.2) is 4.98 Å². The van der Waals surface area contributed by atoms with Crippen LogP contribution in [0.15, 0.2) is 55.0 Å². The van der Waals surface area contributed by atoms with E-state index in [1.165, 1.54) is 11.3 Å². The average Bonchev–Trinajstić information content (AvgIpc) is 3.16. The SMILES string of the molecule is Cc1ccc(C(=O)N2CCC(NCc3cccc4cncn34)CC2)cc1. The smallest absolute Gasteiger partial charge is 0.253 e. The van der Waals surface area contributed by atoms with Crippen LogP contribution in [0.1, 0.15) is 34.5 Å². The van der Waals surface area contributed by atoms with Crippen LogP contribution in [0.3, 0.4) is 0 Å². The molecule has 4 rings (SSSR count). The number of carbonyl (C=O) groups excluding carboxylic acids is 1. The van der Waals surface area contributed by atoms with Gasteiger partial charge in [-0.15, -0.1) is 0 Å². The zero-order valence-electron chi connectivity index (χ0n) is 15.1. The molecule has 0 unspecified atom stereocenters. The second kappa shape index (κ2) is 7.30. The maximum atomic E-state index is 12.6. The monoisotopic (exact) mass is 348 g/mol. The second-order valence-corrected chi connectivity index (χ2v) is 7.02. The van der Waals surface area contributed by atoms with Gasteiger partial charge in [-0.1, -0.05) is 23.8 Å². The highest BCUT2D eigenvalue weighted by Crippen LogP contribution is 2.15. The fourth-order valence-corrected chi connectivity index (χ4v) is 3.57. The molecule has 0 spiro atoms. The van der Waals surface area contributed by atoms with Crippen molar-refractivity contribution in [1.29, 1.82) is 0 Å². The molecule has 2 aromatic heterocycles. The van der Waals surface area contributed by atoms with Crippen molar-refractivity contribution in [3.05, 3.63) is 71.8 Å². The lowest BCUT2D eigenvalue weighted by atomic mass is 10.0. The van der Waals surface area contributed by atoms with Crippen LogP contribution in [0.25, 0.3) is 5.52 Å². The molecule has 1 aromatic carbocycles. The number of nitrogens with one attached hydrogen (secondary N) is 1. The number of pyridine rings is 1. The summed E-state index contributed by atoms with van der Waals surface area (Å²) in [5, 5.41) is 3.64. The summed E-state index contributed by atoms with van der Waals surface area (Å²) in [6.45, 7) is 4.46. The van der Waals surface area contributed by atoms with Crippen molar-refractivity contribution in [3.8, 4) is 0 Å². The standard InChI is InChI=1S/C21H24N4O/c1-16-5-7-17(8-6-16)21(26)24-11-9-18(10-12-24)23-14-20-4-2-3-19-13-22-15-25(19)20/h2-8,13,15,18,23H,9-12,14H2,1H3. The van der Waals surface area contributed by atoms with Crippen LogP contribution in [0.4, 0.5) is 0 Å². The molecule has 1 fully saturated rings. The number of rotatable bonds is 4. The van der Waals surface area contributed by atoms with E-state index in [0.717, 1.165) is 43.6 Å². The minimum absolute atomic E-state index is 0.145. The number of fused-ring (bicyclic) bond motifs is 1. The van der Waals surface area contributed by atoms with Gasteiger partial charge in [-0.05, 0) is 44.0 Å². The van der Waals surface area contributed by atoms with E-state index < -0.39 is 0 Å². The van der Waals surface area contributed by atoms with E-state index in [2.05, 4.69) is 32.9 Å². The summed E-state index contributed by atoms with van der Waals surface area (Å²) in [6.07, 6.45) is 5.70. The molecular weight excluding hydrogens is 324 g/mol. The lowest BCUT2D eigenvalue weighted by molar-refractivity contribution is 0.0704. The first-order valence-electron chi connectivity index (χ1n) is 9.20. The van der Waals surface area contributed by atoms with E-state index in [0.29, 0.717) is 6.04 Å². The molecule has 5 heteroatoms. The third-order valence-corrected chi connectivity index (χ3v) is 5.18. The minimum atomic E-state index is 0.145. The van der Waals surface area contributed by atoms with Crippen molar-refractivity contribution in [2.75, 3.05) is 13.1 Å². The Labute approximate surface area is 153 Å². The molecule has 0 radical (unpaired) electrons. The summed E-state index contributed by atoms with van der Waals surface area (Å²) in [4.78, 5) is 18.8. The summed E-state index contributed by atoms with van der Waals surface area (Å²) in [6, 6.07) is 14.5. The molecule has 26 heavy (non-hydrogen) atoms. The van der Waals surface area contributed by atoms with Crippen LogP contribution >= 0.6 is 0 Å². The van der Waals surface area contributed by atoms with E-state index in [4.69, 9.17) is 0 Å². The minimum Gasteiger partial charge on any atom is -0.339 e. The highest BCUT2D eigenvalue weighted by Gasteiger charge is 2.23. The Morgan fingerprint density at radius 3 is 2.69 bits per heavy atom. The first-order valence-corrected chi connectivity index (χ1v) is 9.20. The molecule has 5 nitrogen and oxygen atoms in total. The van der Waals surface area contributed by atoms with Gasteiger partial charge in [0.1, 0.15) is 0 Å². The number of nitrogens with zero attached hydrogens (tertiary/aromatic N) is 3. The van der Waals surface area contributed by atoms with Crippen molar-refractivity contribution in [2.24, 2.45) is 0 Å². The predicted molar refractivity (Wildman–Crippen MR) is 102 cm³/mol. The molecule has 1 saturated heterocycles. The van der Waals surface area contributed by atoms with Gasteiger partial charge in [0.15, 0.2) is 0 Å². The van der Waals surface area contributed by atoms with Gasteiger partial charge in [0.25, 0.3) is 5.91 Å². The maximum absolute atomic E-state index is 12.6. The summed E-state index contributed by atoms with van der Waals surface area (Å²) in [5.41, 5.74) is 4.28. The number of piperidine rings is 1. The third-order valence-electron chi connectivity index (χ3n) is 5.18. The van der Waals surface area contributed by atoms with Crippen LogP contribution in [-0.2, 0) is 6.54 Å². The fraction of sp³-hybridized carbons (Fsp3) is 0.333. The maximum Gasteiger partial charge on any atom is 0.253 e. The van der Waals surface area contributed by atoms with Crippen LogP contribution < -0.4 is 5.32 Å². The highest BCUT2D eigenvalue weighted by atomic mass is 16.2. The Kier molecular flexibility index (Phi) is 4.71. The number of hydrogen-bond donors (Lipinski definition) is 1. The molecule has 1 aliphatic heterocycles. The first kappa shape index (κ1) is 16.8. The Hall–Kier alpha value is -2.66. The van der Waals surface area contributed by atoms with Gasteiger partial charge in [-0.3, -0.25) is 4.79 Å². The van der Waals surface area contributed by atoms with Gasteiger partial charge in [-0.2, -0.15) is 0 Å². The summed E-state index contributed by atoms with van der Waals surface area (Å²) >= 11 is 0. The lowest BCUT2D eigenvalue weighted by Crippen LogP contribution is -2.44. The molecule has 1 N–H and O–H groups in total. The van der Waals surface area contributed by atoms with Gasteiger partial charge in [0, 0.05) is 36.9 Å². The Morgan fingerprint density at radius 2 is 1.92 bits per heavy atom. The fourth-order valence-electron chi connectivity index (χ4n) is 3.57. The molecular formula is C21H24N4O. The molecule has 1 amide bonds. The highest BCUT2D eigenvalue weighted by molar-refractivity contribution is 5.94. The number of benzene rings is 1. The van der Waals surface area contributed by atoms with Crippen molar-refractivity contribution in [2.45, 2.75) is 32.4 Å². The number of hydrogen-bond acceptors (Lipinski definition) is 3. The Balaban J connectivity index is 1.31. The zero-order chi connectivity index (χ0) is 17.9. The Bertz CT molecular complexity index is 892. The topological polar surface area (TPSA) is 49.6 Å². The molecule has 0 saturated carbocycles. The van der Waals surface area contributed by atoms with Crippen LogP contribution in [-0.4, -0.2) is 39.3 Å². The van der Waals surface area contributed by atoms with Crippen molar-refractivity contribution in [1.82, 2.24) is 19.6 Å². The van der Waals surface area contributed by atoms with Gasteiger partial charge in [0.05, 0.1) is 18.0 Å². The quantitative estimate of drug-likeness (QED) is 0.788. The van der Waals surface area contributed by atoms with E-state index >= 15 is 0 Å². The van der Waals surface area contributed by atoms with Gasteiger partial charge >= 0.3 is 0 Å². The average molecular weight is 348 g/mol. The zero-order valence-corrected chi connectivity index (χ0v) is 15.1. The van der Waals surface area contributed by atoms with Crippen LogP contribution in [0.2, 0.25) is 0 Å². The summed E-state index contributed by atoms with van der Waals surface area (Å²) < 4.78 is 2.11. The third kappa shape index (κ3) is 3.48. The van der Waals surface area contributed by atoms with Crippen molar-refractivity contribution in [3.63, 3.8) is 0 Å². The largest absolute Gasteiger partial charge is 0.339 e. The molecule has 3 heterocycles. The predicted octanol–water partition coefficient (Wildman–Crippen LogP) is 3.04. The number of aryl methyl sites for hydroxylation is 1. The molecule has 0 bridgehead atoms. The van der Waals surface area contributed by atoms with E-state index in [9.17, 15) is 4.79 Å². The molecule has 0 atom stereocenters. The number of likely N-dealkylation sites (tertiary alicyclic amines) is 1. The van der Waals surface area contributed by atoms with Crippen LogP contribution in [0, 0.1) is 6.92 Å². The van der Waals surface area contributed by atoms with Crippen molar-refractivity contribution < 1.29 is 4.79 Å². The molecule has 1 aliphatic rings. The number of imidazole rings is 1. The second-order valence-electron chi connectivity index (χ2n) is 7.02. The van der Waals surface area contributed by atoms with Crippen LogP contribution in [0.5, 0.6) is 0 Å². The van der Waals surface area contributed by atoms with Gasteiger partial charge in [0.2, 0.25) is 0 Å². The van der Waals surface area contributed by atoms with E-state index in [1.807, 2.05) is 48.6 Å². The van der Waals surface area contributed by atoms with E-state index in [1.54, 1.807) is 0 Å². The molecule has 0 aliphatic carbocycles. The normalized spacial score (nSPS) is 15.5. The number of amides is 1. The molecule has 3 aromatic rings. The summed E-state index contributed by atoms with van der Waals surface area (Å²) in [5.74, 6) is 0.145. The Morgan fingerprint density at radius 1 is 1.15 bits per heavy atom. The lowest BCUT2D eigenvalue weighted by Gasteiger charge is -2.32. The van der Waals surface area contributed by atoms with Gasteiger partial charge < -0.3 is 14.6 Å². The van der Waals surface area contributed by atoms with Crippen molar-refractivity contribution >= 4 is 11.4 Å². The molecule has 134 valence electrons. The first-order chi connectivity index (χ1) is 12.7. The number of carbonyl (C=O) groups is 1. The number of aromatic nitrogens is 2. The summed E-state index contributed by atoms with van der Waals surface area (Å²) in [7, 11) is 0. The van der Waals surface area contributed by atoms with E-state index in [-0.39, 0.29) is 5.91 Å².